The summed E-state index contributed by atoms with van der Waals surface area (Å²) < 4.78 is 21.1. The van der Waals surface area contributed by atoms with Crippen LogP contribution in [-0.4, -0.2) is 44.1 Å². The second-order valence-corrected chi connectivity index (χ2v) is 9.04. The van der Waals surface area contributed by atoms with E-state index in [1.54, 1.807) is 25.1 Å². The van der Waals surface area contributed by atoms with E-state index in [4.69, 9.17) is 27.9 Å². The molecule has 0 bridgehead atoms. The smallest absolute Gasteiger partial charge is 0.236 e. The molecule has 2 aromatic heterocycles. The van der Waals surface area contributed by atoms with Crippen LogP contribution in [0.4, 0.5) is 10.2 Å². The first-order chi connectivity index (χ1) is 15.4. The van der Waals surface area contributed by atoms with Gasteiger partial charge in [-0.05, 0) is 50.1 Å². The molecule has 0 radical (unpaired) electrons. The third-order valence-electron chi connectivity index (χ3n) is 4.92. The average Bonchev–Trinajstić information content (AvgIpc) is 3.42. The highest BCUT2D eigenvalue weighted by molar-refractivity contribution is 7.99. The van der Waals surface area contributed by atoms with Gasteiger partial charge in [-0.2, -0.15) is 0 Å². The lowest BCUT2D eigenvalue weighted by Gasteiger charge is -2.15. The number of thioether (sulfide) groups is 1. The van der Waals surface area contributed by atoms with E-state index in [1.165, 1.54) is 23.9 Å². The van der Waals surface area contributed by atoms with Gasteiger partial charge >= 0.3 is 0 Å². The molecule has 168 valence electrons. The number of rotatable bonds is 7. The molecule has 3 aromatic rings. The molecule has 1 N–H and O–H groups in total. The highest BCUT2D eigenvalue weighted by Crippen LogP contribution is 2.28. The molecule has 32 heavy (non-hydrogen) atoms. The van der Waals surface area contributed by atoms with Crippen molar-refractivity contribution >= 4 is 46.7 Å². The minimum atomic E-state index is -0.324. The number of carbonyl (C=O) groups is 1. The van der Waals surface area contributed by atoms with Crippen molar-refractivity contribution in [2.45, 2.75) is 37.6 Å². The summed E-state index contributed by atoms with van der Waals surface area (Å²) in [5.74, 6) is 0.316. The first-order valence-electron chi connectivity index (χ1n) is 9.96. The molecular formula is C21H20Cl2FN5O2S. The molecule has 11 heteroatoms. The predicted octanol–water partition coefficient (Wildman–Crippen LogP) is 5.00. The Morgan fingerprint density at radius 2 is 2.06 bits per heavy atom. The molecule has 1 atom stereocenters. The van der Waals surface area contributed by atoms with Gasteiger partial charge in [0, 0.05) is 12.2 Å². The monoisotopic (exact) mass is 495 g/mol. The molecule has 0 aliphatic carbocycles. The van der Waals surface area contributed by atoms with E-state index in [-0.39, 0.29) is 34.4 Å². The number of hydrogen-bond acceptors (Lipinski definition) is 6. The average molecular weight is 496 g/mol. The van der Waals surface area contributed by atoms with Gasteiger partial charge in [0.05, 0.1) is 34.1 Å². The molecule has 3 heterocycles. The van der Waals surface area contributed by atoms with Crippen LogP contribution in [0.15, 0.2) is 35.5 Å². The second kappa shape index (κ2) is 10.2. The van der Waals surface area contributed by atoms with Crippen LogP contribution >= 0.6 is 35.0 Å². The summed E-state index contributed by atoms with van der Waals surface area (Å²) in [6.45, 7) is 3.00. The van der Waals surface area contributed by atoms with Gasteiger partial charge in [-0.15, -0.1) is 10.2 Å². The van der Waals surface area contributed by atoms with Crippen molar-refractivity contribution in [3.63, 3.8) is 0 Å². The van der Waals surface area contributed by atoms with Crippen LogP contribution in [0, 0.1) is 12.7 Å². The summed E-state index contributed by atoms with van der Waals surface area (Å²) in [4.78, 5) is 16.7. The van der Waals surface area contributed by atoms with Crippen LogP contribution in [0.3, 0.4) is 0 Å². The molecule has 1 fully saturated rings. The molecule has 0 spiro atoms. The number of benzene rings is 1. The number of anilines is 1. The minimum absolute atomic E-state index is 0.0402. The van der Waals surface area contributed by atoms with Gasteiger partial charge in [0.25, 0.3) is 0 Å². The first kappa shape index (κ1) is 23.0. The zero-order chi connectivity index (χ0) is 22.7. The third-order valence-corrected chi connectivity index (χ3v) is 6.56. The van der Waals surface area contributed by atoms with E-state index in [0.717, 1.165) is 25.0 Å². The summed E-state index contributed by atoms with van der Waals surface area (Å²) in [7, 11) is 0. The van der Waals surface area contributed by atoms with Gasteiger partial charge in [-0.25, -0.2) is 9.37 Å². The molecule has 0 saturated carbocycles. The van der Waals surface area contributed by atoms with Crippen molar-refractivity contribution in [2.24, 2.45) is 0 Å². The van der Waals surface area contributed by atoms with Crippen LogP contribution in [-0.2, 0) is 16.1 Å². The maximum atomic E-state index is 13.4. The zero-order valence-electron chi connectivity index (χ0n) is 17.1. The van der Waals surface area contributed by atoms with Crippen LogP contribution in [0.5, 0.6) is 0 Å². The van der Waals surface area contributed by atoms with Crippen molar-refractivity contribution in [3.8, 4) is 11.4 Å². The Balaban J connectivity index is 1.50. The van der Waals surface area contributed by atoms with Gasteiger partial charge in [0.1, 0.15) is 5.82 Å². The lowest BCUT2D eigenvalue weighted by atomic mass is 10.2. The Kier molecular flexibility index (Phi) is 7.30. The molecule has 1 aliphatic heterocycles. The number of halogens is 3. The van der Waals surface area contributed by atoms with E-state index in [1.807, 2.05) is 4.57 Å². The topological polar surface area (TPSA) is 81.9 Å². The number of ether oxygens (including phenoxy) is 1. The fourth-order valence-electron chi connectivity index (χ4n) is 3.31. The van der Waals surface area contributed by atoms with Crippen molar-refractivity contribution in [2.75, 3.05) is 17.7 Å². The SMILES string of the molecule is Cc1nc(NC(=O)CSc2nnc(-c3ccc(F)cc3)n2CC2CCCO2)c(Cl)cc1Cl. The Morgan fingerprint density at radius 3 is 2.78 bits per heavy atom. The molecular weight excluding hydrogens is 476 g/mol. The van der Waals surface area contributed by atoms with E-state index in [2.05, 4.69) is 20.5 Å². The van der Waals surface area contributed by atoms with E-state index < -0.39 is 0 Å². The number of nitrogens with zero attached hydrogens (tertiary/aromatic N) is 4. The van der Waals surface area contributed by atoms with Crippen LogP contribution in [0.2, 0.25) is 10.0 Å². The van der Waals surface area contributed by atoms with E-state index in [9.17, 15) is 9.18 Å². The molecule has 1 amide bonds. The molecule has 4 rings (SSSR count). The Hall–Kier alpha value is -2.20. The summed E-state index contributed by atoms with van der Waals surface area (Å²) in [5.41, 5.74) is 1.31. The zero-order valence-corrected chi connectivity index (χ0v) is 19.5. The van der Waals surface area contributed by atoms with Gasteiger partial charge in [-0.1, -0.05) is 35.0 Å². The Morgan fingerprint density at radius 1 is 1.28 bits per heavy atom. The van der Waals surface area contributed by atoms with Gasteiger partial charge < -0.3 is 10.1 Å². The Bertz CT molecular complexity index is 1120. The number of pyridine rings is 1. The van der Waals surface area contributed by atoms with Crippen molar-refractivity contribution < 1.29 is 13.9 Å². The summed E-state index contributed by atoms with van der Waals surface area (Å²) in [6.07, 6.45) is 1.97. The van der Waals surface area contributed by atoms with Crippen LogP contribution in [0.25, 0.3) is 11.4 Å². The molecule has 1 aliphatic rings. The molecule has 1 saturated heterocycles. The lowest BCUT2D eigenvalue weighted by molar-refractivity contribution is -0.113. The largest absolute Gasteiger partial charge is 0.376 e. The number of hydrogen-bond donors (Lipinski definition) is 1. The fourth-order valence-corrected chi connectivity index (χ4v) is 4.46. The lowest BCUT2D eigenvalue weighted by Crippen LogP contribution is -2.18. The molecule has 1 unspecified atom stereocenters. The predicted molar refractivity (Wildman–Crippen MR) is 123 cm³/mol. The standard InChI is InChI=1S/C21H20Cl2FN5O2S/c1-12-16(22)9-17(23)19(25-12)26-18(30)11-32-21-28-27-20(13-4-6-14(24)7-5-13)29(21)10-15-3-2-8-31-15/h4-7,9,15H,2-3,8,10-11H2,1H3,(H,25,26,30). The normalized spacial score (nSPS) is 15.8. The summed E-state index contributed by atoms with van der Waals surface area (Å²) >= 11 is 13.4. The maximum absolute atomic E-state index is 13.4. The number of carbonyl (C=O) groups excluding carboxylic acids is 1. The quantitative estimate of drug-likeness (QED) is 0.464. The highest BCUT2D eigenvalue weighted by Gasteiger charge is 2.22. The van der Waals surface area contributed by atoms with Gasteiger partial charge in [-0.3, -0.25) is 9.36 Å². The Labute approximate surface area is 198 Å². The van der Waals surface area contributed by atoms with E-state index >= 15 is 0 Å². The van der Waals surface area contributed by atoms with Crippen molar-refractivity contribution in [1.82, 2.24) is 19.7 Å². The first-order valence-corrected chi connectivity index (χ1v) is 11.7. The van der Waals surface area contributed by atoms with Crippen molar-refractivity contribution in [1.29, 1.82) is 0 Å². The van der Waals surface area contributed by atoms with Crippen LogP contribution in [0.1, 0.15) is 18.5 Å². The van der Waals surface area contributed by atoms with Crippen LogP contribution < -0.4 is 5.32 Å². The minimum Gasteiger partial charge on any atom is -0.376 e. The molecule has 1 aromatic carbocycles. The number of nitrogens with one attached hydrogen (secondary N) is 1. The second-order valence-electron chi connectivity index (χ2n) is 7.28. The highest BCUT2D eigenvalue weighted by atomic mass is 35.5. The van der Waals surface area contributed by atoms with Gasteiger partial charge in [0.15, 0.2) is 16.8 Å². The third kappa shape index (κ3) is 5.40. The number of amides is 1. The van der Waals surface area contributed by atoms with Gasteiger partial charge in [0.2, 0.25) is 5.91 Å². The summed E-state index contributed by atoms with van der Waals surface area (Å²) in [6, 6.07) is 7.62. The number of aryl methyl sites for hydroxylation is 1. The maximum Gasteiger partial charge on any atom is 0.236 e. The number of aromatic nitrogens is 4. The molecule has 7 nitrogen and oxygen atoms in total. The summed E-state index contributed by atoms with van der Waals surface area (Å²) in [5, 5.41) is 12.5. The fraction of sp³-hybridized carbons (Fsp3) is 0.333. The van der Waals surface area contributed by atoms with E-state index in [0.29, 0.717) is 28.2 Å². The van der Waals surface area contributed by atoms with Crippen molar-refractivity contribution in [3.05, 3.63) is 51.9 Å².